The number of carbonyl (C=O) groups is 3. The fraction of sp³-hybridized carbons (Fsp3) is 0.261. The van der Waals surface area contributed by atoms with Crippen molar-refractivity contribution in [3.63, 3.8) is 0 Å². The van der Waals surface area contributed by atoms with E-state index in [9.17, 15) is 14.4 Å². The van der Waals surface area contributed by atoms with Gasteiger partial charge in [-0.25, -0.2) is 9.59 Å². The number of hydrogen-bond donors (Lipinski definition) is 2. The summed E-state index contributed by atoms with van der Waals surface area (Å²) in [6.07, 6.45) is 0. The second-order valence-corrected chi connectivity index (χ2v) is 7.15. The first-order valence-electron chi connectivity index (χ1n) is 10.2. The number of anilines is 1. The van der Waals surface area contributed by atoms with Crippen molar-refractivity contribution in [1.29, 1.82) is 0 Å². The van der Waals surface area contributed by atoms with E-state index in [2.05, 4.69) is 10.6 Å². The second-order valence-electron chi connectivity index (χ2n) is 7.15. The molecule has 32 heavy (non-hydrogen) atoms. The Bertz CT molecular complexity index is 1080. The molecule has 0 unspecified atom stereocenters. The van der Waals surface area contributed by atoms with E-state index >= 15 is 0 Å². The van der Waals surface area contributed by atoms with Crippen molar-refractivity contribution in [3.05, 3.63) is 65.4 Å². The minimum atomic E-state index is -0.726. The Morgan fingerprint density at radius 2 is 1.94 bits per heavy atom. The number of methoxy groups -OCH3 is 1. The molecule has 3 amide bonds. The largest absolute Gasteiger partial charge is 0.497 e. The zero-order chi connectivity index (χ0) is 22.7. The molecule has 2 aromatic rings. The minimum absolute atomic E-state index is 0.0787. The number of benzene rings is 2. The van der Waals surface area contributed by atoms with E-state index in [4.69, 9.17) is 14.2 Å². The molecule has 0 spiro atoms. The third-order valence-corrected chi connectivity index (χ3v) is 5.20. The highest BCUT2D eigenvalue weighted by atomic mass is 16.5. The molecule has 0 saturated heterocycles. The maximum absolute atomic E-state index is 12.9. The lowest BCUT2D eigenvalue weighted by Gasteiger charge is -2.33. The van der Waals surface area contributed by atoms with Gasteiger partial charge in [-0.2, -0.15) is 0 Å². The predicted octanol–water partition coefficient (Wildman–Crippen LogP) is 2.61. The first-order chi connectivity index (χ1) is 15.5. The summed E-state index contributed by atoms with van der Waals surface area (Å²) in [5.41, 5.74) is 1.88. The van der Waals surface area contributed by atoms with Gasteiger partial charge in [0.25, 0.3) is 0 Å². The van der Waals surface area contributed by atoms with E-state index in [1.807, 2.05) is 13.0 Å². The first-order valence-corrected chi connectivity index (χ1v) is 10.2. The van der Waals surface area contributed by atoms with Crippen molar-refractivity contribution in [2.75, 3.05) is 32.2 Å². The molecule has 2 heterocycles. The van der Waals surface area contributed by atoms with Crippen LogP contribution in [0.2, 0.25) is 0 Å². The zero-order valence-corrected chi connectivity index (χ0v) is 17.7. The van der Waals surface area contributed by atoms with Gasteiger partial charge < -0.3 is 24.8 Å². The summed E-state index contributed by atoms with van der Waals surface area (Å²) in [4.78, 5) is 39.3. The molecule has 9 heteroatoms. The number of ether oxygens (including phenoxy) is 3. The standard InChI is InChI=1S/C23H23N3O6/c1-3-31-18-7-5-4-6-16(18)21-20-17(13-32-22(20)28)26(23(29)25-21)12-19(27)24-14-8-10-15(30-2)11-9-14/h4-11,21H,3,12-13H2,1-2H3,(H,24,27)(H,25,29)/t21-/m1/s1. The molecule has 1 atom stereocenters. The number of hydrogen-bond acceptors (Lipinski definition) is 6. The number of nitrogens with zero attached hydrogens (tertiary/aromatic N) is 1. The molecule has 0 aliphatic carbocycles. The van der Waals surface area contributed by atoms with Crippen LogP contribution in [0.1, 0.15) is 18.5 Å². The van der Waals surface area contributed by atoms with Crippen molar-refractivity contribution < 1.29 is 28.6 Å². The van der Waals surface area contributed by atoms with Gasteiger partial charge in [0.05, 0.1) is 31.0 Å². The van der Waals surface area contributed by atoms with Crippen molar-refractivity contribution in [3.8, 4) is 11.5 Å². The van der Waals surface area contributed by atoms with Gasteiger partial charge in [0.15, 0.2) is 0 Å². The van der Waals surface area contributed by atoms with Gasteiger partial charge in [-0.15, -0.1) is 0 Å². The number of para-hydroxylation sites is 1. The summed E-state index contributed by atoms with van der Waals surface area (Å²) in [6, 6.07) is 12.8. The third-order valence-electron chi connectivity index (χ3n) is 5.20. The van der Waals surface area contributed by atoms with Crippen LogP contribution in [0.25, 0.3) is 0 Å². The predicted molar refractivity (Wildman–Crippen MR) is 115 cm³/mol. The fourth-order valence-electron chi connectivity index (χ4n) is 3.74. The van der Waals surface area contributed by atoms with Crippen LogP contribution in [-0.4, -0.2) is 49.7 Å². The molecule has 9 nitrogen and oxygen atoms in total. The van der Waals surface area contributed by atoms with Gasteiger partial charge in [0.1, 0.15) is 24.7 Å². The smallest absolute Gasteiger partial charge is 0.338 e. The van der Waals surface area contributed by atoms with Crippen LogP contribution in [0, 0.1) is 0 Å². The van der Waals surface area contributed by atoms with E-state index in [-0.39, 0.29) is 13.2 Å². The Kier molecular flexibility index (Phi) is 5.98. The molecule has 0 saturated carbocycles. The normalized spacial score (nSPS) is 17.4. The van der Waals surface area contributed by atoms with Crippen LogP contribution >= 0.6 is 0 Å². The van der Waals surface area contributed by atoms with Crippen LogP contribution in [-0.2, 0) is 14.3 Å². The summed E-state index contributed by atoms with van der Waals surface area (Å²) in [5, 5.41) is 5.56. The number of amides is 3. The minimum Gasteiger partial charge on any atom is -0.497 e. The molecular formula is C23H23N3O6. The Balaban J connectivity index is 1.58. The average Bonchev–Trinajstić information content (AvgIpc) is 3.18. The molecule has 166 valence electrons. The molecule has 4 rings (SSSR count). The van der Waals surface area contributed by atoms with Crippen molar-refractivity contribution >= 4 is 23.6 Å². The first kappa shape index (κ1) is 21.2. The Morgan fingerprint density at radius 1 is 1.19 bits per heavy atom. The van der Waals surface area contributed by atoms with Crippen molar-refractivity contribution in [2.45, 2.75) is 13.0 Å². The number of urea groups is 1. The molecule has 2 aliphatic rings. The average molecular weight is 437 g/mol. The number of esters is 1. The Labute approximate surface area is 184 Å². The van der Waals surface area contributed by atoms with Crippen molar-refractivity contribution in [1.82, 2.24) is 10.2 Å². The topological polar surface area (TPSA) is 106 Å². The maximum atomic E-state index is 12.9. The van der Waals surface area contributed by atoms with Gasteiger partial charge in [0, 0.05) is 11.3 Å². The van der Waals surface area contributed by atoms with Crippen LogP contribution in [0.5, 0.6) is 11.5 Å². The lowest BCUT2D eigenvalue weighted by Crippen LogP contribution is -2.49. The molecule has 2 aromatic carbocycles. The molecule has 0 aromatic heterocycles. The third kappa shape index (κ3) is 4.09. The summed E-state index contributed by atoms with van der Waals surface area (Å²) in [5.74, 6) is 0.285. The van der Waals surface area contributed by atoms with E-state index in [1.165, 1.54) is 4.90 Å². The lowest BCUT2D eigenvalue weighted by molar-refractivity contribution is -0.136. The molecule has 0 bridgehead atoms. The van der Waals surface area contributed by atoms with E-state index in [0.29, 0.717) is 40.6 Å². The highest BCUT2D eigenvalue weighted by molar-refractivity contribution is 6.00. The van der Waals surface area contributed by atoms with Crippen LogP contribution < -0.4 is 20.1 Å². The number of cyclic esters (lactones) is 1. The van der Waals surface area contributed by atoms with Crippen molar-refractivity contribution in [2.24, 2.45) is 0 Å². The Hall–Kier alpha value is -4.01. The molecule has 2 aliphatic heterocycles. The number of nitrogens with one attached hydrogen (secondary N) is 2. The van der Waals surface area contributed by atoms with Gasteiger partial charge in [-0.3, -0.25) is 9.69 Å². The van der Waals surface area contributed by atoms with E-state index < -0.39 is 23.9 Å². The van der Waals surface area contributed by atoms with Crippen LogP contribution in [0.15, 0.2) is 59.8 Å². The summed E-state index contributed by atoms with van der Waals surface area (Å²) < 4.78 is 16.0. The van der Waals surface area contributed by atoms with Gasteiger partial charge >= 0.3 is 12.0 Å². The second kappa shape index (κ2) is 9.01. The quantitative estimate of drug-likeness (QED) is 0.645. The van der Waals surface area contributed by atoms with E-state index in [1.54, 1.807) is 49.6 Å². The molecule has 0 fully saturated rings. The highest BCUT2D eigenvalue weighted by Crippen LogP contribution is 2.38. The monoisotopic (exact) mass is 437 g/mol. The summed E-state index contributed by atoms with van der Waals surface area (Å²) >= 11 is 0. The lowest BCUT2D eigenvalue weighted by atomic mass is 9.95. The van der Waals surface area contributed by atoms with Gasteiger partial charge in [-0.1, -0.05) is 18.2 Å². The van der Waals surface area contributed by atoms with E-state index in [0.717, 1.165) is 0 Å². The van der Waals surface area contributed by atoms with Gasteiger partial charge in [-0.05, 0) is 37.3 Å². The highest BCUT2D eigenvalue weighted by Gasteiger charge is 2.43. The molecule has 2 N–H and O–H groups in total. The number of rotatable bonds is 7. The molecular weight excluding hydrogens is 414 g/mol. The molecule has 0 radical (unpaired) electrons. The zero-order valence-electron chi connectivity index (χ0n) is 17.7. The van der Waals surface area contributed by atoms with Gasteiger partial charge in [0.2, 0.25) is 5.91 Å². The fourth-order valence-corrected chi connectivity index (χ4v) is 3.74. The number of carbonyl (C=O) groups excluding carboxylic acids is 3. The summed E-state index contributed by atoms with van der Waals surface area (Å²) in [6.45, 7) is 1.94. The SMILES string of the molecule is CCOc1ccccc1[C@H]1NC(=O)N(CC(=O)Nc2ccc(OC)cc2)C2=C1C(=O)OC2. The Morgan fingerprint density at radius 3 is 2.66 bits per heavy atom. The summed E-state index contributed by atoms with van der Waals surface area (Å²) in [7, 11) is 1.55. The maximum Gasteiger partial charge on any atom is 0.338 e. The van der Waals surface area contributed by atoms with Crippen LogP contribution in [0.3, 0.4) is 0 Å². The van der Waals surface area contributed by atoms with Crippen LogP contribution in [0.4, 0.5) is 10.5 Å².